The van der Waals surface area contributed by atoms with Crippen molar-refractivity contribution in [3.8, 4) is 22.9 Å². The molecule has 27 heavy (non-hydrogen) atoms. The van der Waals surface area contributed by atoms with Gasteiger partial charge in [-0.15, -0.1) is 0 Å². The van der Waals surface area contributed by atoms with Crippen molar-refractivity contribution in [1.82, 2.24) is 9.78 Å². The van der Waals surface area contributed by atoms with Crippen LogP contribution in [0.1, 0.15) is 21.5 Å². The van der Waals surface area contributed by atoms with Crippen LogP contribution in [-0.2, 0) is 6.18 Å². The van der Waals surface area contributed by atoms with Gasteiger partial charge in [0.1, 0.15) is 17.2 Å². The minimum absolute atomic E-state index is 0.0373. The fraction of sp³-hybridized carbons (Fsp3) is 0.0556. The van der Waals surface area contributed by atoms with Crippen LogP contribution >= 0.6 is 0 Å². The van der Waals surface area contributed by atoms with Gasteiger partial charge in [0, 0.05) is 18.0 Å². The Balaban J connectivity index is 2.60. The molecule has 1 aromatic heterocycles. The summed E-state index contributed by atoms with van der Waals surface area (Å²) in [5.41, 5.74) is 0.642. The van der Waals surface area contributed by atoms with Crippen molar-refractivity contribution in [2.24, 2.45) is 5.73 Å². The maximum absolute atomic E-state index is 15.0. The predicted octanol–water partition coefficient (Wildman–Crippen LogP) is 3.67. The van der Waals surface area contributed by atoms with E-state index in [2.05, 4.69) is 5.10 Å². The summed E-state index contributed by atoms with van der Waals surface area (Å²) in [6.45, 7) is 0. The SMILES string of the molecule is N#Cc1c(-c2ccccc2)c(C(F)(F)F)c(F)c(C(N)=O)c1-n1cccn1. The maximum atomic E-state index is 15.0. The molecule has 2 aromatic carbocycles. The lowest BCUT2D eigenvalue weighted by molar-refractivity contribution is -0.139. The Morgan fingerprint density at radius 3 is 2.33 bits per heavy atom. The number of halogens is 4. The number of hydrogen-bond donors (Lipinski definition) is 1. The quantitative estimate of drug-likeness (QED) is 0.710. The number of nitrogens with zero attached hydrogens (tertiary/aromatic N) is 3. The van der Waals surface area contributed by atoms with E-state index >= 15 is 0 Å². The second kappa shape index (κ2) is 6.57. The molecule has 0 aliphatic heterocycles. The van der Waals surface area contributed by atoms with Crippen molar-refractivity contribution in [2.75, 3.05) is 0 Å². The summed E-state index contributed by atoms with van der Waals surface area (Å²) in [6.07, 6.45) is -2.64. The highest BCUT2D eigenvalue weighted by atomic mass is 19.4. The van der Waals surface area contributed by atoms with E-state index < -0.39 is 45.8 Å². The number of benzene rings is 2. The lowest BCUT2D eigenvalue weighted by Gasteiger charge is -2.21. The molecule has 0 fully saturated rings. The first-order valence-electron chi connectivity index (χ1n) is 7.49. The molecule has 3 aromatic rings. The number of aromatic nitrogens is 2. The molecule has 0 aliphatic carbocycles. The standard InChI is InChI=1S/C18H10F4N4O/c19-15-13(17(24)27)16(26-8-4-7-25-26)11(9-23)12(14(15)18(20,21)22)10-5-2-1-3-6-10/h1-8H,(H2,24,27). The number of carbonyl (C=O) groups is 1. The zero-order chi connectivity index (χ0) is 19.8. The van der Waals surface area contributed by atoms with Gasteiger partial charge in [0.05, 0.1) is 11.3 Å². The molecule has 5 nitrogen and oxygen atoms in total. The molecule has 0 aliphatic rings. The number of rotatable bonds is 3. The molecule has 1 amide bonds. The third-order valence-corrected chi connectivity index (χ3v) is 3.85. The highest BCUT2D eigenvalue weighted by Gasteiger charge is 2.42. The number of nitriles is 1. The number of amides is 1. The van der Waals surface area contributed by atoms with Gasteiger partial charge in [-0.2, -0.15) is 23.5 Å². The van der Waals surface area contributed by atoms with Gasteiger partial charge in [-0.25, -0.2) is 9.07 Å². The van der Waals surface area contributed by atoms with Crippen molar-refractivity contribution < 1.29 is 22.4 Å². The normalized spacial score (nSPS) is 11.2. The van der Waals surface area contributed by atoms with Crippen molar-refractivity contribution in [3.63, 3.8) is 0 Å². The van der Waals surface area contributed by atoms with Crippen LogP contribution in [0.2, 0.25) is 0 Å². The van der Waals surface area contributed by atoms with E-state index in [1.165, 1.54) is 42.7 Å². The van der Waals surface area contributed by atoms with E-state index in [-0.39, 0.29) is 5.56 Å². The van der Waals surface area contributed by atoms with Crippen LogP contribution < -0.4 is 5.73 Å². The molecule has 136 valence electrons. The zero-order valence-electron chi connectivity index (χ0n) is 13.5. The topological polar surface area (TPSA) is 84.7 Å². The average Bonchev–Trinajstić information content (AvgIpc) is 3.14. The first kappa shape index (κ1) is 18.1. The molecule has 0 atom stereocenters. The van der Waals surface area contributed by atoms with Gasteiger partial charge in [0.2, 0.25) is 0 Å². The van der Waals surface area contributed by atoms with Crippen molar-refractivity contribution >= 4 is 5.91 Å². The van der Waals surface area contributed by atoms with Gasteiger partial charge in [0.15, 0.2) is 5.82 Å². The lowest BCUT2D eigenvalue weighted by atomic mass is 9.89. The predicted molar refractivity (Wildman–Crippen MR) is 87.2 cm³/mol. The summed E-state index contributed by atoms with van der Waals surface area (Å²) in [4.78, 5) is 11.8. The lowest BCUT2D eigenvalue weighted by Crippen LogP contribution is -2.23. The zero-order valence-corrected chi connectivity index (χ0v) is 13.5. The molecule has 1 heterocycles. The first-order valence-corrected chi connectivity index (χ1v) is 7.49. The van der Waals surface area contributed by atoms with E-state index in [9.17, 15) is 27.6 Å². The number of alkyl halides is 3. The second-order valence-electron chi connectivity index (χ2n) is 5.45. The number of hydrogen-bond acceptors (Lipinski definition) is 3. The molecule has 0 radical (unpaired) electrons. The Bertz CT molecular complexity index is 1050. The van der Waals surface area contributed by atoms with Crippen LogP contribution in [0, 0.1) is 17.1 Å². The van der Waals surface area contributed by atoms with E-state index in [1.807, 2.05) is 0 Å². The average molecular weight is 374 g/mol. The minimum Gasteiger partial charge on any atom is -0.365 e. The maximum Gasteiger partial charge on any atom is 0.419 e. The summed E-state index contributed by atoms with van der Waals surface area (Å²) < 4.78 is 57.0. The highest BCUT2D eigenvalue weighted by molar-refractivity contribution is 6.00. The first-order chi connectivity index (χ1) is 12.8. The molecule has 0 spiro atoms. The Hall–Kier alpha value is -3.67. The Labute approximate surface area is 150 Å². The molecule has 0 saturated carbocycles. The fourth-order valence-corrected chi connectivity index (χ4v) is 2.83. The fourth-order valence-electron chi connectivity index (χ4n) is 2.83. The molecule has 0 unspecified atom stereocenters. The smallest absolute Gasteiger partial charge is 0.365 e. The van der Waals surface area contributed by atoms with Crippen LogP contribution in [0.15, 0.2) is 48.8 Å². The van der Waals surface area contributed by atoms with Gasteiger partial charge in [0.25, 0.3) is 5.91 Å². The van der Waals surface area contributed by atoms with Crippen LogP contribution in [0.4, 0.5) is 17.6 Å². The Kier molecular flexibility index (Phi) is 4.41. The van der Waals surface area contributed by atoms with Gasteiger partial charge in [-0.3, -0.25) is 4.79 Å². The van der Waals surface area contributed by atoms with Gasteiger partial charge < -0.3 is 5.73 Å². The van der Waals surface area contributed by atoms with Crippen LogP contribution in [-0.4, -0.2) is 15.7 Å². The summed E-state index contributed by atoms with van der Waals surface area (Å²) in [5, 5.41) is 13.4. The minimum atomic E-state index is -5.17. The molecule has 0 saturated heterocycles. The molecule has 9 heteroatoms. The third kappa shape index (κ3) is 3.01. The Morgan fingerprint density at radius 2 is 1.85 bits per heavy atom. The third-order valence-electron chi connectivity index (χ3n) is 3.85. The van der Waals surface area contributed by atoms with Crippen LogP contribution in [0.3, 0.4) is 0 Å². The van der Waals surface area contributed by atoms with Crippen molar-refractivity contribution in [1.29, 1.82) is 5.26 Å². The second-order valence-corrected chi connectivity index (χ2v) is 5.45. The Morgan fingerprint density at radius 1 is 1.19 bits per heavy atom. The monoisotopic (exact) mass is 374 g/mol. The van der Waals surface area contributed by atoms with Gasteiger partial charge >= 0.3 is 6.18 Å². The van der Waals surface area contributed by atoms with E-state index in [0.717, 1.165) is 4.68 Å². The van der Waals surface area contributed by atoms with E-state index in [0.29, 0.717) is 0 Å². The molecule has 0 bridgehead atoms. The largest absolute Gasteiger partial charge is 0.419 e. The van der Waals surface area contributed by atoms with E-state index in [1.54, 1.807) is 12.1 Å². The molecule has 2 N–H and O–H groups in total. The summed E-state index contributed by atoms with van der Waals surface area (Å²) in [6, 6.07) is 10.1. The van der Waals surface area contributed by atoms with Crippen molar-refractivity contribution in [3.05, 3.63) is 71.3 Å². The number of nitrogens with two attached hydrogens (primary N) is 1. The molecular weight excluding hydrogens is 364 g/mol. The van der Waals surface area contributed by atoms with Gasteiger partial charge in [-0.05, 0) is 11.6 Å². The highest BCUT2D eigenvalue weighted by Crippen LogP contribution is 2.44. The molecular formula is C18H10F4N4O. The van der Waals surface area contributed by atoms with Crippen molar-refractivity contribution in [2.45, 2.75) is 6.18 Å². The molecule has 3 rings (SSSR count). The number of primary amides is 1. The van der Waals surface area contributed by atoms with Crippen LogP contribution in [0.25, 0.3) is 16.8 Å². The van der Waals surface area contributed by atoms with Crippen LogP contribution in [0.5, 0.6) is 0 Å². The number of carbonyl (C=O) groups excluding carboxylic acids is 1. The summed E-state index contributed by atoms with van der Waals surface area (Å²) in [7, 11) is 0. The summed E-state index contributed by atoms with van der Waals surface area (Å²) >= 11 is 0. The van der Waals surface area contributed by atoms with Gasteiger partial charge in [-0.1, -0.05) is 30.3 Å². The van der Waals surface area contributed by atoms with E-state index in [4.69, 9.17) is 5.73 Å². The summed E-state index contributed by atoms with van der Waals surface area (Å²) in [5.74, 6) is -3.29.